The summed E-state index contributed by atoms with van der Waals surface area (Å²) in [5.41, 5.74) is 1.36. The second kappa shape index (κ2) is 7.39. The largest absolute Gasteiger partial charge is 0.418 e. The SMILES string of the molecule is Cc1c(NC(c2nnc(-c3ccccc3)o2)C(C)(C)O)ccc(C#N)c1Cl. The number of anilines is 1. The van der Waals surface area contributed by atoms with Gasteiger partial charge in [0.1, 0.15) is 12.1 Å². The van der Waals surface area contributed by atoms with Crippen LogP contribution in [-0.4, -0.2) is 20.9 Å². The van der Waals surface area contributed by atoms with Crippen LogP contribution >= 0.6 is 11.6 Å². The molecule has 6 nitrogen and oxygen atoms in total. The van der Waals surface area contributed by atoms with Gasteiger partial charge in [0.2, 0.25) is 11.8 Å². The Balaban J connectivity index is 1.96. The third kappa shape index (κ3) is 3.95. The number of rotatable bonds is 5. The van der Waals surface area contributed by atoms with Gasteiger partial charge in [0, 0.05) is 11.3 Å². The third-order valence-corrected chi connectivity index (χ3v) is 4.71. The molecule has 1 atom stereocenters. The van der Waals surface area contributed by atoms with Gasteiger partial charge in [0.25, 0.3) is 0 Å². The summed E-state index contributed by atoms with van der Waals surface area (Å²) in [5, 5.41) is 31.6. The molecule has 2 N–H and O–H groups in total. The second-order valence-electron chi connectivity index (χ2n) is 6.75. The lowest BCUT2D eigenvalue weighted by Gasteiger charge is -2.29. The molecule has 0 saturated carbocycles. The van der Waals surface area contributed by atoms with E-state index in [1.54, 1.807) is 32.9 Å². The van der Waals surface area contributed by atoms with Gasteiger partial charge in [-0.3, -0.25) is 0 Å². The fourth-order valence-corrected chi connectivity index (χ4v) is 2.88. The predicted molar refractivity (Wildman–Crippen MR) is 103 cm³/mol. The third-order valence-electron chi connectivity index (χ3n) is 4.22. The summed E-state index contributed by atoms with van der Waals surface area (Å²) in [6, 6.07) is 14.1. The first-order valence-corrected chi connectivity index (χ1v) is 8.76. The maximum absolute atomic E-state index is 10.7. The van der Waals surface area contributed by atoms with Crippen LogP contribution in [0.15, 0.2) is 46.9 Å². The van der Waals surface area contributed by atoms with Gasteiger partial charge in [-0.25, -0.2) is 0 Å². The molecule has 138 valence electrons. The summed E-state index contributed by atoms with van der Waals surface area (Å²) in [7, 11) is 0. The monoisotopic (exact) mass is 382 g/mol. The minimum absolute atomic E-state index is 0.251. The van der Waals surface area contributed by atoms with E-state index in [0.29, 0.717) is 27.7 Å². The lowest BCUT2D eigenvalue weighted by Crippen LogP contribution is -2.34. The number of nitriles is 1. The molecule has 7 heteroatoms. The molecule has 0 amide bonds. The van der Waals surface area contributed by atoms with Crippen molar-refractivity contribution in [1.29, 1.82) is 5.26 Å². The van der Waals surface area contributed by atoms with Crippen molar-refractivity contribution in [3.05, 3.63) is 64.5 Å². The fraction of sp³-hybridized carbons (Fsp3) is 0.250. The number of benzene rings is 2. The molecule has 0 saturated heterocycles. The van der Waals surface area contributed by atoms with E-state index in [1.165, 1.54) is 0 Å². The highest BCUT2D eigenvalue weighted by Crippen LogP contribution is 2.34. The van der Waals surface area contributed by atoms with Crippen molar-refractivity contribution in [2.45, 2.75) is 32.4 Å². The van der Waals surface area contributed by atoms with Crippen molar-refractivity contribution in [2.75, 3.05) is 5.32 Å². The van der Waals surface area contributed by atoms with Gasteiger partial charge in [0.05, 0.1) is 16.2 Å². The van der Waals surface area contributed by atoms with E-state index in [2.05, 4.69) is 21.6 Å². The van der Waals surface area contributed by atoms with E-state index in [-0.39, 0.29) is 5.89 Å². The topological polar surface area (TPSA) is 95.0 Å². The lowest BCUT2D eigenvalue weighted by atomic mass is 9.97. The van der Waals surface area contributed by atoms with Crippen LogP contribution in [0, 0.1) is 18.3 Å². The van der Waals surface area contributed by atoms with Crippen LogP contribution in [0.2, 0.25) is 5.02 Å². The minimum atomic E-state index is -1.20. The van der Waals surface area contributed by atoms with Gasteiger partial charge in [-0.2, -0.15) is 5.26 Å². The number of aliphatic hydroxyl groups is 1. The zero-order chi connectivity index (χ0) is 19.6. The van der Waals surface area contributed by atoms with Crippen LogP contribution in [0.5, 0.6) is 0 Å². The second-order valence-corrected chi connectivity index (χ2v) is 7.13. The first-order valence-electron chi connectivity index (χ1n) is 8.38. The Morgan fingerprint density at radius 1 is 1.19 bits per heavy atom. The number of nitrogens with one attached hydrogen (secondary N) is 1. The summed E-state index contributed by atoms with van der Waals surface area (Å²) in [6.07, 6.45) is 0. The lowest BCUT2D eigenvalue weighted by molar-refractivity contribution is 0.0502. The summed E-state index contributed by atoms with van der Waals surface area (Å²) in [6.45, 7) is 5.10. The number of nitrogens with zero attached hydrogens (tertiary/aromatic N) is 3. The molecule has 0 spiro atoms. The first kappa shape index (κ1) is 18.9. The Morgan fingerprint density at radius 3 is 2.52 bits per heavy atom. The highest BCUT2D eigenvalue weighted by Gasteiger charge is 2.34. The molecule has 0 fully saturated rings. The average Bonchev–Trinajstić information content (AvgIpc) is 3.12. The first-order chi connectivity index (χ1) is 12.8. The Morgan fingerprint density at radius 2 is 1.89 bits per heavy atom. The van der Waals surface area contributed by atoms with Crippen LogP contribution in [0.4, 0.5) is 5.69 Å². The highest BCUT2D eigenvalue weighted by atomic mass is 35.5. The van der Waals surface area contributed by atoms with E-state index in [4.69, 9.17) is 21.3 Å². The normalized spacial score (nSPS) is 12.4. The molecule has 3 aromatic rings. The molecule has 0 radical (unpaired) electrons. The zero-order valence-corrected chi connectivity index (χ0v) is 15.9. The zero-order valence-electron chi connectivity index (χ0n) is 15.2. The molecule has 3 rings (SSSR count). The van der Waals surface area contributed by atoms with Gasteiger partial charge < -0.3 is 14.8 Å². The van der Waals surface area contributed by atoms with E-state index in [9.17, 15) is 5.11 Å². The number of hydrogen-bond donors (Lipinski definition) is 2. The highest BCUT2D eigenvalue weighted by molar-refractivity contribution is 6.32. The summed E-state index contributed by atoms with van der Waals surface area (Å²) >= 11 is 6.25. The van der Waals surface area contributed by atoms with Crippen LogP contribution in [0.1, 0.15) is 36.9 Å². The summed E-state index contributed by atoms with van der Waals surface area (Å²) < 4.78 is 5.82. The molecule has 0 aliphatic rings. The maximum atomic E-state index is 10.7. The van der Waals surface area contributed by atoms with E-state index in [1.807, 2.05) is 30.3 Å². The summed E-state index contributed by atoms with van der Waals surface area (Å²) in [4.78, 5) is 0. The van der Waals surface area contributed by atoms with Crippen LogP contribution in [0.25, 0.3) is 11.5 Å². The van der Waals surface area contributed by atoms with E-state index in [0.717, 1.165) is 5.56 Å². The van der Waals surface area contributed by atoms with Crippen molar-refractivity contribution >= 4 is 17.3 Å². The van der Waals surface area contributed by atoms with Gasteiger partial charge >= 0.3 is 0 Å². The van der Waals surface area contributed by atoms with Crippen LogP contribution < -0.4 is 5.32 Å². The van der Waals surface area contributed by atoms with Gasteiger partial charge in [-0.05, 0) is 50.6 Å². The molecule has 0 aliphatic carbocycles. The molecular weight excluding hydrogens is 364 g/mol. The van der Waals surface area contributed by atoms with Gasteiger partial charge in [0.15, 0.2) is 0 Å². The number of aromatic nitrogens is 2. The molecular formula is C20H19ClN4O2. The van der Waals surface area contributed by atoms with E-state index < -0.39 is 11.6 Å². The van der Waals surface area contributed by atoms with Gasteiger partial charge in [-0.15, -0.1) is 10.2 Å². The predicted octanol–water partition coefficient (Wildman–Crippen LogP) is 4.49. The average molecular weight is 383 g/mol. The summed E-state index contributed by atoms with van der Waals surface area (Å²) in [5.74, 6) is 0.623. The van der Waals surface area contributed by atoms with E-state index >= 15 is 0 Å². The van der Waals surface area contributed by atoms with Crippen molar-refractivity contribution in [3.63, 3.8) is 0 Å². The number of halogens is 1. The molecule has 27 heavy (non-hydrogen) atoms. The van der Waals surface area contributed by atoms with Crippen molar-refractivity contribution in [2.24, 2.45) is 0 Å². The standard InChI is InChI=1S/C20H19ClN4O2/c1-12-15(10-9-14(11-22)16(12)21)23-17(20(2,3)26)19-25-24-18(27-19)13-7-5-4-6-8-13/h4-10,17,23,26H,1-3H3. The molecule has 1 unspecified atom stereocenters. The van der Waals surface area contributed by atoms with Gasteiger partial charge in [-0.1, -0.05) is 29.8 Å². The van der Waals surface area contributed by atoms with Crippen molar-refractivity contribution in [3.8, 4) is 17.5 Å². The Labute approximate surface area is 162 Å². The van der Waals surface area contributed by atoms with Crippen LogP contribution in [-0.2, 0) is 0 Å². The maximum Gasteiger partial charge on any atom is 0.247 e. The molecule has 1 aromatic heterocycles. The molecule has 0 bridgehead atoms. The quantitative estimate of drug-likeness (QED) is 0.674. The molecule has 0 aliphatic heterocycles. The Kier molecular flexibility index (Phi) is 5.17. The van der Waals surface area contributed by atoms with Crippen molar-refractivity contribution < 1.29 is 9.52 Å². The Bertz CT molecular complexity index is 987. The molecule has 1 heterocycles. The smallest absolute Gasteiger partial charge is 0.247 e. The number of hydrogen-bond acceptors (Lipinski definition) is 6. The van der Waals surface area contributed by atoms with Crippen molar-refractivity contribution in [1.82, 2.24) is 10.2 Å². The Hall–Kier alpha value is -2.88. The minimum Gasteiger partial charge on any atom is -0.418 e. The molecule has 2 aromatic carbocycles. The fourth-order valence-electron chi connectivity index (χ4n) is 2.67. The van der Waals surface area contributed by atoms with Crippen LogP contribution in [0.3, 0.4) is 0 Å².